The normalized spacial score (nSPS) is 10.1. The summed E-state index contributed by atoms with van der Waals surface area (Å²) >= 11 is 1.52. The van der Waals surface area contributed by atoms with E-state index >= 15 is 0 Å². The second-order valence-corrected chi connectivity index (χ2v) is 5.19. The Kier molecular flexibility index (Phi) is 4.96. The van der Waals surface area contributed by atoms with Gasteiger partial charge in [-0.05, 0) is 25.1 Å². The number of hydrogen-bond acceptors (Lipinski definition) is 4. The third kappa shape index (κ3) is 3.82. The van der Waals surface area contributed by atoms with E-state index in [0.29, 0.717) is 13.2 Å². The number of ether oxygens (including phenoxy) is 1. The summed E-state index contributed by atoms with van der Waals surface area (Å²) in [5.74, 6) is 0. The SMILES string of the molecule is CCOCc1ccccc1NCc1ccc(C#N)s1. The lowest BCUT2D eigenvalue weighted by Crippen LogP contribution is -2.02. The Bertz CT molecular complexity index is 572. The molecule has 2 aromatic rings. The Hall–Kier alpha value is -1.83. The van der Waals surface area contributed by atoms with Crippen LogP contribution in [0.1, 0.15) is 22.2 Å². The lowest BCUT2D eigenvalue weighted by molar-refractivity contribution is 0.134. The van der Waals surface area contributed by atoms with Gasteiger partial charge in [-0.3, -0.25) is 0 Å². The van der Waals surface area contributed by atoms with E-state index in [4.69, 9.17) is 10.00 Å². The predicted octanol–water partition coefficient (Wildman–Crippen LogP) is 3.77. The molecular formula is C15H16N2OS. The molecule has 19 heavy (non-hydrogen) atoms. The van der Waals surface area contributed by atoms with E-state index in [0.717, 1.165) is 27.5 Å². The molecule has 98 valence electrons. The number of nitrogens with one attached hydrogen (secondary N) is 1. The van der Waals surface area contributed by atoms with Crippen molar-refractivity contribution in [2.24, 2.45) is 0 Å². The van der Waals surface area contributed by atoms with Gasteiger partial charge in [-0.1, -0.05) is 18.2 Å². The Morgan fingerprint density at radius 1 is 1.26 bits per heavy atom. The standard InChI is InChI=1S/C15H16N2OS/c1-2-18-11-12-5-3-4-6-15(12)17-10-14-8-7-13(9-16)19-14/h3-8,17H,2,10-11H2,1H3. The zero-order valence-corrected chi connectivity index (χ0v) is 11.7. The fourth-order valence-electron chi connectivity index (χ4n) is 1.75. The third-order valence-corrected chi connectivity index (χ3v) is 3.69. The maximum absolute atomic E-state index is 8.80. The van der Waals surface area contributed by atoms with E-state index in [9.17, 15) is 0 Å². The average Bonchev–Trinajstić information content (AvgIpc) is 2.91. The van der Waals surface area contributed by atoms with Crippen molar-refractivity contribution < 1.29 is 4.74 Å². The molecule has 3 nitrogen and oxygen atoms in total. The molecule has 0 amide bonds. The van der Waals surface area contributed by atoms with E-state index in [1.165, 1.54) is 11.3 Å². The van der Waals surface area contributed by atoms with Gasteiger partial charge in [-0.15, -0.1) is 11.3 Å². The van der Waals surface area contributed by atoms with Crippen molar-refractivity contribution in [3.63, 3.8) is 0 Å². The Morgan fingerprint density at radius 3 is 2.84 bits per heavy atom. The van der Waals surface area contributed by atoms with Crippen LogP contribution in [0.4, 0.5) is 5.69 Å². The average molecular weight is 272 g/mol. The van der Waals surface area contributed by atoms with Gasteiger partial charge in [0, 0.05) is 29.3 Å². The zero-order chi connectivity index (χ0) is 13.5. The van der Waals surface area contributed by atoms with Crippen molar-refractivity contribution in [3.05, 3.63) is 51.7 Å². The van der Waals surface area contributed by atoms with Crippen molar-refractivity contribution in [1.82, 2.24) is 0 Å². The first-order chi connectivity index (χ1) is 9.33. The van der Waals surface area contributed by atoms with Gasteiger partial charge in [-0.25, -0.2) is 0 Å². The number of nitriles is 1. The molecule has 0 spiro atoms. The molecule has 0 aliphatic rings. The summed E-state index contributed by atoms with van der Waals surface area (Å²) in [7, 11) is 0. The smallest absolute Gasteiger partial charge is 0.110 e. The van der Waals surface area contributed by atoms with Crippen LogP contribution in [0.5, 0.6) is 0 Å². The molecule has 0 atom stereocenters. The lowest BCUT2D eigenvalue weighted by Gasteiger charge is -2.11. The van der Waals surface area contributed by atoms with Crippen LogP contribution in [-0.4, -0.2) is 6.61 Å². The first-order valence-corrected chi connectivity index (χ1v) is 7.03. The van der Waals surface area contributed by atoms with E-state index in [1.807, 2.05) is 37.3 Å². The molecular weight excluding hydrogens is 256 g/mol. The summed E-state index contributed by atoms with van der Waals surface area (Å²) < 4.78 is 5.45. The van der Waals surface area contributed by atoms with Crippen LogP contribution in [0, 0.1) is 11.3 Å². The molecule has 0 radical (unpaired) electrons. The van der Waals surface area contributed by atoms with Crippen LogP contribution < -0.4 is 5.32 Å². The monoisotopic (exact) mass is 272 g/mol. The first-order valence-electron chi connectivity index (χ1n) is 6.22. The predicted molar refractivity (Wildman–Crippen MR) is 78.1 cm³/mol. The Labute approximate surface area is 117 Å². The minimum atomic E-state index is 0.619. The van der Waals surface area contributed by atoms with Gasteiger partial charge in [0.15, 0.2) is 0 Å². The number of thiophene rings is 1. The molecule has 4 heteroatoms. The van der Waals surface area contributed by atoms with Gasteiger partial charge in [0.05, 0.1) is 6.61 Å². The highest BCUT2D eigenvalue weighted by atomic mass is 32.1. The minimum Gasteiger partial charge on any atom is -0.380 e. The van der Waals surface area contributed by atoms with Crippen LogP contribution in [0.15, 0.2) is 36.4 Å². The largest absolute Gasteiger partial charge is 0.380 e. The molecule has 0 aliphatic heterocycles. The minimum absolute atomic E-state index is 0.619. The quantitative estimate of drug-likeness (QED) is 0.870. The van der Waals surface area contributed by atoms with Crippen LogP contribution in [0.25, 0.3) is 0 Å². The van der Waals surface area contributed by atoms with Crippen molar-refractivity contribution in [2.45, 2.75) is 20.1 Å². The van der Waals surface area contributed by atoms with E-state index < -0.39 is 0 Å². The number of hydrogen-bond donors (Lipinski definition) is 1. The summed E-state index contributed by atoms with van der Waals surface area (Å²) in [6.07, 6.45) is 0. The van der Waals surface area contributed by atoms with Crippen LogP contribution >= 0.6 is 11.3 Å². The summed E-state index contributed by atoms with van der Waals surface area (Å²) in [5.41, 5.74) is 2.24. The number of anilines is 1. The van der Waals surface area contributed by atoms with Crippen molar-refractivity contribution in [2.75, 3.05) is 11.9 Å². The molecule has 0 saturated heterocycles. The van der Waals surface area contributed by atoms with E-state index in [1.54, 1.807) is 0 Å². The highest BCUT2D eigenvalue weighted by Crippen LogP contribution is 2.20. The lowest BCUT2D eigenvalue weighted by atomic mass is 10.2. The second kappa shape index (κ2) is 6.93. The highest BCUT2D eigenvalue weighted by Gasteiger charge is 2.03. The molecule has 1 N–H and O–H groups in total. The number of para-hydroxylation sites is 1. The van der Waals surface area contributed by atoms with Crippen LogP contribution in [0.2, 0.25) is 0 Å². The summed E-state index contributed by atoms with van der Waals surface area (Å²) in [4.78, 5) is 1.90. The fourth-order valence-corrected chi connectivity index (χ4v) is 2.49. The molecule has 1 heterocycles. The van der Waals surface area contributed by atoms with Gasteiger partial charge in [0.1, 0.15) is 10.9 Å². The maximum Gasteiger partial charge on any atom is 0.110 e. The van der Waals surface area contributed by atoms with Gasteiger partial charge in [0.2, 0.25) is 0 Å². The molecule has 0 fully saturated rings. The second-order valence-electron chi connectivity index (χ2n) is 4.03. The Morgan fingerprint density at radius 2 is 2.11 bits per heavy atom. The molecule has 0 saturated carbocycles. The molecule has 1 aromatic heterocycles. The molecule has 0 unspecified atom stereocenters. The van der Waals surface area contributed by atoms with Crippen molar-refractivity contribution in [3.8, 4) is 6.07 Å². The van der Waals surface area contributed by atoms with Gasteiger partial charge in [0.25, 0.3) is 0 Å². The topological polar surface area (TPSA) is 45.0 Å². The number of nitrogens with zero attached hydrogens (tertiary/aromatic N) is 1. The fraction of sp³-hybridized carbons (Fsp3) is 0.267. The van der Waals surface area contributed by atoms with Gasteiger partial charge >= 0.3 is 0 Å². The van der Waals surface area contributed by atoms with Crippen LogP contribution in [0.3, 0.4) is 0 Å². The summed E-state index contributed by atoms with van der Waals surface area (Å²) in [6.45, 7) is 4.05. The van der Waals surface area contributed by atoms with Gasteiger partial charge in [-0.2, -0.15) is 5.26 Å². The van der Waals surface area contributed by atoms with E-state index in [-0.39, 0.29) is 0 Å². The molecule has 2 rings (SSSR count). The number of rotatable bonds is 6. The molecule has 0 bridgehead atoms. The van der Waals surface area contributed by atoms with Crippen molar-refractivity contribution in [1.29, 1.82) is 5.26 Å². The van der Waals surface area contributed by atoms with Crippen molar-refractivity contribution >= 4 is 17.0 Å². The number of benzene rings is 1. The van der Waals surface area contributed by atoms with Crippen LogP contribution in [-0.2, 0) is 17.9 Å². The highest BCUT2D eigenvalue weighted by molar-refractivity contribution is 7.12. The van der Waals surface area contributed by atoms with Gasteiger partial charge < -0.3 is 10.1 Å². The third-order valence-electron chi connectivity index (χ3n) is 2.70. The Balaban J connectivity index is 2.00. The summed E-state index contributed by atoms with van der Waals surface area (Å²) in [6, 6.07) is 14.1. The molecule has 0 aliphatic carbocycles. The summed E-state index contributed by atoms with van der Waals surface area (Å²) in [5, 5.41) is 12.2. The van der Waals surface area contributed by atoms with E-state index in [2.05, 4.69) is 17.5 Å². The zero-order valence-electron chi connectivity index (χ0n) is 10.8. The maximum atomic E-state index is 8.80. The first kappa shape index (κ1) is 13.6. The molecule has 1 aromatic carbocycles.